The van der Waals surface area contributed by atoms with Crippen LogP contribution in [0.1, 0.15) is 12.2 Å². The number of fused-ring (bicyclic) bond motifs is 1. The highest BCUT2D eigenvalue weighted by Crippen LogP contribution is 2.19. The number of methoxy groups -OCH3 is 1. The quantitative estimate of drug-likeness (QED) is 0.439. The van der Waals surface area contributed by atoms with Crippen molar-refractivity contribution in [3.63, 3.8) is 0 Å². The van der Waals surface area contributed by atoms with Gasteiger partial charge in [0.05, 0.1) is 6.61 Å². The van der Waals surface area contributed by atoms with E-state index < -0.39 is 0 Å². The van der Waals surface area contributed by atoms with Crippen molar-refractivity contribution in [2.75, 3.05) is 40.4 Å². The van der Waals surface area contributed by atoms with Crippen molar-refractivity contribution in [1.29, 1.82) is 0 Å². The summed E-state index contributed by atoms with van der Waals surface area (Å²) in [7, 11) is 3.61. The number of hydrogen-bond donors (Lipinski definition) is 1. The average Bonchev–Trinajstić information content (AvgIpc) is 3.18. The van der Waals surface area contributed by atoms with Crippen LogP contribution in [-0.4, -0.2) is 51.3 Å². The minimum Gasteiger partial charge on any atom is -0.461 e. The van der Waals surface area contributed by atoms with Gasteiger partial charge in [-0.15, -0.1) is 24.0 Å². The molecule has 1 aromatic heterocycles. The number of furan rings is 1. The molecule has 0 aliphatic carbocycles. The average molecular weight is 443 g/mol. The van der Waals surface area contributed by atoms with Crippen LogP contribution in [0, 0.1) is 5.92 Å². The Morgan fingerprint density at radius 2 is 2.25 bits per heavy atom. The fourth-order valence-electron chi connectivity index (χ4n) is 3.19. The first-order valence-corrected chi connectivity index (χ1v) is 8.22. The molecule has 132 valence electrons. The third-order valence-electron chi connectivity index (χ3n) is 4.33. The van der Waals surface area contributed by atoms with E-state index in [1.807, 2.05) is 25.2 Å². The Hall–Kier alpha value is -1.28. The highest BCUT2D eigenvalue weighted by molar-refractivity contribution is 14.0. The number of benzene rings is 1. The van der Waals surface area contributed by atoms with E-state index in [1.165, 1.54) is 0 Å². The van der Waals surface area contributed by atoms with Crippen LogP contribution in [0.15, 0.2) is 39.7 Å². The first-order valence-electron chi connectivity index (χ1n) is 8.22. The number of rotatable bonds is 5. The van der Waals surface area contributed by atoms with E-state index in [2.05, 4.69) is 27.3 Å². The van der Waals surface area contributed by atoms with Gasteiger partial charge < -0.3 is 19.4 Å². The number of para-hydroxylation sites is 1. The molecule has 1 aliphatic heterocycles. The molecule has 0 saturated carbocycles. The van der Waals surface area contributed by atoms with Gasteiger partial charge in [0.15, 0.2) is 5.96 Å². The lowest BCUT2D eigenvalue weighted by Gasteiger charge is -2.21. The van der Waals surface area contributed by atoms with E-state index in [-0.39, 0.29) is 24.0 Å². The van der Waals surface area contributed by atoms with Crippen molar-refractivity contribution in [1.82, 2.24) is 10.2 Å². The summed E-state index contributed by atoms with van der Waals surface area (Å²) >= 11 is 0. The third-order valence-corrected chi connectivity index (χ3v) is 4.33. The van der Waals surface area contributed by atoms with Gasteiger partial charge in [-0.05, 0) is 18.6 Å². The van der Waals surface area contributed by atoms with Crippen molar-refractivity contribution in [3.8, 4) is 0 Å². The van der Waals surface area contributed by atoms with Crippen LogP contribution >= 0.6 is 24.0 Å². The molecule has 0 bridgehead atoms. The van der Waals surface area contributed by atoms with Crippen LogP contribution in [0.25, 0.3) is 11.0 Å². The number of aliphatic imine (C=N–C) groups is 1. The summed E-state index contributed by atoms with van der Waals surface area (Å²) in [5.41, 5.74) is 0.953. The van der Waals surface area contributed by atoms with E-state index in [9.17, 15) is 0 Å². The van der Waals surface area contributed by atoms with Gasteiger partial charge in [0.25, 0.3) is 0 Å². The van der Waals surface area contributed by atoms with Gasteiger partial charge in [0, 0.05) is 51.5 Å². The smallest absolute Gasteiger partial charge is 0.193 e. The molecule has 1 aromatic carbocycles. The second-order valence-electron chi connectivity index (χ2n) is 6.03. The molecule has 1 saturated heterocycles. The zero-order chi connectivity index (χ0) is 16.1. The number of guanidine groups is 1. The third kappa shape index (κ3) is 4.63. The second-order valence-corrected chi connectivity index (χ2v) is 6.03. The Morgan fingerprint density at radius 3 is 3.00 bits per heavy atom. The normalized spacial score (nSPS) is 18.0. The van der Waals surface area contributed by atoms with E-state index in [0.717, 1.165) is 61.8 Å². The highest BCUT2D eigenvalue weighted by Gasteiger charge is 2.24. The lowest BCUT2D eigenvalue weighted by Crippen LogP contribution is -2.41. The van der Waals surface area contributed by atoms with Crippen LogP contribution in [0.3, 0.4) is 0 Å². The van der Waals surface area contributed by atoms with Crippen molar-refractivity contribution in [3.05, 3.63) is 36.1 Å². The van der Waals surface area contributed by atoms with Crippen molar-refractivity contribution in [2.24, 2.45) is 10.9 Å². The summed E-state index contributed by atoms with van der Waals surface area (Å²) in [6.45, 7) is 3.70. The Morgan fingerprint density at radius 1 is 1.42 bits per heavy atom. The molecule has 1 aliphatic rings. The predicted octanol–water partition coefficient (Wildman–Crippen LogP) is 3.14. The highest BCUT2D eigenvalue weighted by atomic mass is 127. The molecule has 2 heterocycles. The maximum Gasteiger partial charge on any atom is 0.193 e. The molecule has 0 radical (unpaired) electrons. The second kappa shape index (κ2) is 9.27. The summed E-state index contributed by atoms with van der Waals surface area (Å²) in [6.07, 6.45) is 2.02. The molecule has 24 heavy (non-hydrogen) atoms. The molecule has 1 unspecified atom stereocenters. The summed E-state index contributed by atoms with van der Waals surface area (Å²) < 4.78 is 11.1. The zero-order valence-electron chi connectivity index (χ0n) is 14.3. The van der Waals surface area contributed by atoms with Crippen molar-refractivity contribution < 1.29 is 9.15 Å². The molecule has 2 aromatic rings. The summed E-state index contributed by atoms with van der Waals surface area (Å²) in [5.74, 6) is 2.58. The van der Waals surface area contributed by atoms with Gasteiger partial charge in [0.1, 0.15) is 11.3 Å². The Balaban J connectivity index is 0.00000208. The number of nitrogens with zero attached hydrogens (tertiary/aromatic N) is 2. The summed E-state index contributed by atoms with van der Waals surface area (Å²) in [5, 5.41) is 4.60. The molecular weight excluding hydrogens is 417 g/mol. The van der Waals surface area contributed by atoms with Gasteiger partial charge in [-0.2, -0.15) is 0 Å². The van der Waals surface area contributed by atoms with Crippen LogP contribution in [-0.2, 0) is 11.2 Å². The summed E-state index contributed by atoms with van der Waals surface area (Å²) in [6, 6.07) is 10.2. The minimum absolute atomic E-state index is 0. The molecule has 0 spiro atoms. The van der Waals surface area contributed by atoms with E-state index >= 15 is 0 Å². The van der Waals surface area contributed by atoms with Crippen LogP contribution in [0.2, 0.25) is 0 Å². The standard InChI is InChI=1S/C18H25N3O2.HI/c1-19-18(21-10-8-14(12-21)13-22-2)20-9-7-16-11-15-5-3-4-6-17(15)23-16;/h3-6,11,14H,7-10,12-13H2,1-2H3,(H,19,20);1H. The first-order chi connectivity index (χ1) is 11.3. The molecule has 3 rings (SSSR count). The van der Waals surface area contributed by atoms with Gasteiger partial charge >= 0.3 is 0 Å². The number of nitrogens with one attached hydrogen (secondary N) is 1. The molecule has 1 atom stereocenters. The van der Waals surface area contributed by atoms with E-state index in [4.69, 9.17) is 9.15 Å². The molecule has 5 nitrogen and oxygen atoms in total. The monoisotopic (exact) mass is 443 g/mol. The maximum absolute atomic E-state index is 5.85. The Kier molecular flexibility index (Phi) is 7.36. The fourth-order valence-corrected chi connectivity index (χ4v) is 3.19. The predicted molar refractivity (Wildman–Crippen MR) is 108 cm³/mol. The number of ether oxygens (including phenoxy) is 1. The molecular formula is C18H26IN3O2. The van der Waals surface area contributed by atoms with Crippen molar-refractivity contribution >= 4 is 40.9 Å². The van der Waals surface area contributed by atoms with Crippen LogP contribution in [0.4, 0.5) is 0 Å². The molecule has 1 fully saturated rings. The fraction of sp³-hybridized carbons (Fsp3) is 0.500. The maximum atomic E-state index is 5.85. The lowest BCUT2D eigenvalue weighted by atomic mass is 10.1. The number of halogens is 1. The molecule has 1 N–H and O–H groups in total. The summed E-state index contributed by atoms with van der Waals surface area (Å²) in [4.78, 5) is 6.71. The van der Waals surface area contributed by atoms with Gasteiger partial charge in [0.2, 0.25) is 0 Å². The first kappa shape index (κ1) is 19.1. The minimum atomic E-state index is 0. The SMILES string of the molecule is CN=C(NCCc1cc2ccccc2o1)N1CCC(COC)C1.I. The Bertz CT molecular complexity index is 638. The van der Waals surface area contributed by atoms with E-state index in [1.54, 1.807) is 7.11 Å². The molecule has 6 heteroatoms. The van der Waals surface area contributed by atoms with Gasteiger partial charge in [-0.25, -0.2) is 0 Å². The lowest BCUT2D eigenvalue weighted by molar-refractivity contribution is 0.157. The Labute approximate surface area is 160 Å². The number of hydrogen-bond acceptors (Lipinski definition) is 3. The largest absolute Gasteiger partial charge is 0.461 e. The van der Waals surface area contributed by atoms with Gasteiger partial charge in [-0.1, -0.05) is 18.2 Å². The zero-order valence-corrected chi connectivity index (χ0v) is 16.7. The van der Waals surface area contributed by atoms with Crippen LogP contribution < -0.4 is 5.32 Å². The van der Waals surface area contributed by atoms with E-state index in [0.29, 0.717) is 5.92 Å². The number of likely N-dealkylation sites (tertiary alicyclic amines) is 1. The molecule has 0 amide bonds. The van der Waals surface area contributed by atoms with Gasteiger partial charge in [-0.3, -0.25) is 4.99 Å². The van der Waals surface area contributed by atoms with Crippen LogP contribution in [0.5, 0.6) is 0 Å². The van der Waals surface area contributed by atoms with Crippen molar-refractivity contribution in [2.45, 2.75) is 12.8 Å². The topological polar surface area (TPSA) is 50.0 Å².